The first-order chi connectivity index (χ1) is 10.6. The van der Waals surface area contributed by atoms with Crippen molar-refractivity contribution in [2.45, 2.75) is 33.1 Å². The minimum absolute atomic E-state index is 0.0694. The van der Waals surface area contributed by atoms with Crippen LogP contribution in [0.3, 0.4) is 0 Å². The van der Waals surface area contributed by atoms with Gasteiger partial charge in [-0.3, -0.25) is 9.79 Å². The van der Waals surface area contributed by atoms with Crippen molar-refractivity contribution in [3.05, 3.63) is 41.6 Å². The average Bonchev–Trinajstić information content (AvgIpc) is 2.54. The lowest BCUT2D eigenvalue weighted by Gasteiger charge is -2.20. The molecule has 2 unspecified atom stereocenters. The summed E-state index contributed by atoms with van der Waals surface area (Å²) in [6, 6.07) is 5.21. The normalized spacial score (nSPS) is 18.2. The molecule has 4 nitrogen and oxygen atoms in total. The number of phenolic OH excluding ortho intramolecular Hbond substituents is 1. The zero-order valence-corrected chi connectivity index (χ0v) is 13.2. The molecule has 0 radical (unpaired) electrons. The highest BCUT2D eigenvalue weighted by Crippen LogP contribution is 2.23. The van der Waals surface area contributed by atoms with E-state index in [1.807, 2.05) is 12.4 Å². The van der Waals surface area contributed by atoms with Gasteiger partial charge in [-0.25, -0.2) is 0 Å². The molecule has 0 saturated carbocycles. The zero-order valence-electron chi connectivity index (χ0n) is 13.2. The molecule has 2 rings (SSSR count). The summed E-state index contributed by atoms with van der Waals surface area (Å²) in [5, 5.41) is 12.8. The first kappa shape index (κ1) is 16.3. The molecule has 2 atom stereocenters. The number of hydrogen-bond acceptors (Lipinski definition) is 3. The van der Waals surface area contributed by atoms with Crippen molar-refractivity contribution in [1.29, 1.82) is 0 Å². The average molecular weight is 300 g/mol. The third-order valence-corrected chi connectivity index (χ3v) is 4.24. The number of hydrogen-bond donors (Lipinski definition) is 2. The Balaban J connectivity index is 1.74. The van der Waals surface area contributed by atoms with Gasteiger partial charge in [0.2, 0.25) is 0 Å². The van der Waals surface area contributed by atoms with Crippen molar-refractivity contribution in [2.24, 2.45) is 16.8 Å². The Hall–Kier alpha value is -2.10. The van der Waals surface area contributed by atoms with Crippen molar-refractivity contribution in [3.63, 3.8) is 0 Å². The Morgan fingerprint density at radius 3 is 3.05 bits per heavy atom. The standard InChI is InChI=1S/C18H24N2O2/c1-13(15-8-11-19-12-9-15)6-4-10-20-18(22)16-7-3-5-14(2)17(16)21/h3,5,7-8,11-13,15,21H,4,6,9-10H2,1-2H3,(H,20,22). The van der Waals surface area contributed by atoms with Gasteiger partial charge in [-0.15, -0.1) is 0 Å². The number of allylic oxidation sites excluding steroid dienone is 1. The lowest BCUT2D eigenvalue weighted by Crippen LogP contribution is -2.25. The van der Waals surface area contributed by atoms with E-state index in [1.54, 1.807) is 25.1 Å². The molecular weight excluding hydrogens is 276 g/mol. The topological polar surface area (TPSA) is 61.7 Å². The lowest BCUT2D eigenvalue weighted by atomic mass is 9.87. The summed E-state index contributed by atoms with van der Waals surface area (Å²) in [6.45, 7) is 4.65. The van der Waals surface area contributed by atoms with Crippen LogP contribution in [0.5, 0.6) is 5.75 Å². The van der Waals surface area contributed by atoms with Crippen molar-refractivity contribution in [1.82, 2.24) is 5.32 Å². The highest BCUT2D eigenvalue weighted by molar-refractivity contribution is 5.97. The second-order valence-corrected chi connectivity index (χ2v) is 5.92. The summed E-state index contributed by atoms with van der Waals surface area (Å²) >= 11 is 0. The number of carbonyl (C=O) groups is 1. The van der Waals surface area contributed by atoms with Crippen LogP contribution >= 0.6 is 0 Å². The van der Waals surface area contributed by atoms with Crippen LogP contribution in [0, 0.1) is 18.8 Å². The van der Waals surface area contributed by atoms with Gasteiger partial charge in [-0.1, -0.05) is 25.1 Å². The maximum absolute atomic E-state index is 12.1. The van der Waals surface area contributed by atoms with Gasteiger partial charge in [-0.05, 0) is 49.7 Å². The quantitative estimate of drug-likeness (QED) is 0.790. The Bertz CT molecular complexity index is 578. The van der Waals surface area contributed by atoms with E-state index in [2.05, 4.69) is 23.3 Å². The Morgan fingerprint density at radius 2 is 2.32 bits per heavy atom. The molecule has 1 amide bonds. The molecule has 0 bridgehead atoms. The van der Waals surface area contributed by atoms with E-state index in [9.17, 15) is 9.90 Å². The molecule has 1 heterocycles. The van der Waals surface area contributed by atoms with Gasteiger partial charge in [0.1, 0.15) is 5.75 Å². The van der Waals surface area contributed by atoms with E-state index in [-0.39, 0.29) is 11.7 Å². The molecule has 118 valence electrons. The fourth-order valence-electron chi connectivity index (χ4n) is 2.68. The summed E-state index contributed by atoms with van der Waals surface area (Å²) in [4.78, 5) is 16.2. The summed E-state index contributed by atoms with van der Waals surface area (Å²) in [5.41, 5.74) is 1.06. The number of benzene rings is 1. The molecule has 1 aromatic rings. The minimum Gasteiger partial charge on any atom is -0.507 e. The van der Waals surface area contributed by atoms with E-state index < -0.39 is 0 Å². The number of phenols is 1. The molecule has 4 heteroatoms. The third-order valence-electron chi connectivity index (χ3n) is 4.24. The SMILES string of the molecule is Cc1cccc(C(=O)NCCCC(C)C2C=CN=CC2)c1O. The van der Waals surface area contributed by atoms with Crippen LogP contribution in [0.15, 0.2) is 35.5 Å². The van der Waals surface area contributed by atoms with Crippen molar-refractivity contribution < 1.29 is 9.90 Å². The first-order valence-electron chi connectivity index (χ1n) is 7.84. The second-order valence-electron chi connectivity index (χ2n) is 5.92. The van der Waals surface area contributed by atoms with E-state index in [1.165, 1.54) is 0 Å². The number of nitrogens with zero attached hydrogens (tertiary/aromatic N) is 1. The predicted molar refractivity (Wildman–Crippen MR) is 89.3 cm³/mol. The zero-order chi connectivity index (χ0) is 15.9. The number of amides is 1. The molecule has 2 N–H and O–H groups in total. The minimum atomic E-state index is -0.210. The van der Waals surface area contributed by atoms with Gasteiger partial charge in [-0.2, -0.15) is 0 Å². The van der Waals surface area contributed by atoms with E-state index in [0.717, 1.165) is 19.3 Å². The van der Waals surface area contributed by atoms with E-state index in [4.69, 9.17) is 0 Å². The first-order valence-corrected chi connectivity index (χ1v) is 7.84. The van der Waals surface area contributed by atoms with Gasteiger partial charge in [0.25, 0.3) is 5.91 Å². The van der Waals surface area contributed by atoms with E-state index >= 15 is 0 Å². The van der Waals surface area contributed by atoms with Crippen molar-refractivity contribution in [2.75, 3.05) is 6.54 Å². The third kappa shape index (κ3) is 4.20. The summed E-state index contributed by atoms with van der Waals surface area (Å²) in [7, 11) is 0. The number of aryl methyl sites for hydroxylation is 1. The number of aromatic hydroxyl groups is 1. The summed E-state index contributed by atoms with van der Waals surface area (Å²) < 4.78 is 0. The maximum atomic E-state index is 12.1. The van der Waals surface area contributed by atoms with Crippen LogP contribution in [0.2, 0.25) is 0 Å². The molecule has 0 aliphatic carbocycles. The molecule has 0 spiro atoms. The number of aliphatic imine (C=N–C) groups is 1. The summed E-state index contributed by atoms with van der Waals surface area (Å²) in [6.07, 6.45) is 8.98. The summed E-state index contributed by atoms with van der Waals surface area (Å²) in [5.74, 6) is 0.986. The highest BCUT2D eigenvalue weighted by atomic mass is 16.3. The van der Waals surface area contributed by atoms with Crippen LogP contribution in [0.4, 0.5) is 0 Å². The van der Waals surface area contributed by atoms with E-state index in [0.29, 0.717) is 29.5 Å². The molecule has 22 heavy (non-hydrogen) atoms. The van der Waals surface area contributed by atoms with Crippen LogP contribution in [-0.2, 0) is 0 Å². The van der Waals surface area contributed by atoms with Crippen LogP contribution in [0.1, 0.15) is 42.1 Å². The number of carbonyl (C=O) groups excluding carboxylic acids is 1. The molecular formula is C18H24N2O2. The van der Waals surface area contributed by atoms with Gasteiger partial charge in [0, 0.05) is 19.0 Å². The number of nitrogens with one attached hydrogen (secondary N) is 1. The lowest BCUT2D eigenvalue weighted by molar-refractivity contribution is 0.0949. The van der Waals surface area contributed by atoms with Crippen molar-refractivity contribution in [3.8, 4) is 5.75 Å². The van der Waals surface area contributed by atoms with Crippen molar-refractivity contribution >= 4 is 12.1 Å². The van der Waals surface area contributed by atoms with Crippen LogP contribution in [0.25, 0.3) is 0 Å². The Kier molecular flexibility index (Phi) is 5.75. The molecule has 1 aromatic carbocycles. The molecule has 1 aliphatic rings. The van der Waals surface area contributed by atoms with Gasteiger partial charge in [0.15, 0.2) is 0 Å². The number of para-hydroxylation sites is 1. The van der Waals surface area contributed by atoms with Crippen LogP contribution in [-0.4, -0.2) is 23.8 Å². The smallest absolute Gasteiger partial charge is 0.255 e. The Morgan fingerprint density at radius 1 is 1.50 bits per heavy atom. The molecule has 0 fully saturated rings. The highest BCUT2D eigenvalue weighted by Gasteiger charge is 2.15. The Labute approximate surface area is 132 Å². The van der Waals surface area contributed by atoms with Crippen LogP contribution < -0.4 is 5.32 Å². The molecule has 1 aliphatic heterocycles. The van der Waals surface area contributed by atoms with Gasteiger partial charge in [0.05, 0.1) is 5.56 Å². The fourth-order valence-corrected chi connectivity index (χ4v) is 2.68. The molecule has 0 aromatic heterocycles. The predicted octanol–water partition coefficient (Wildman–Crippen LogP) is 3.45. The second kappa shape index (κ2) is 7.78. The number of rotatable bonds is 6. The largest absolute Gasteiger partial charge is 0.507 e. The van der Waals surface area contributed by atoms with Gasteiger partial charge >= 0.3 is 0 Å². The molecule has 0 saturated heterocycles. The fraction of sp³-hybridized carbons (Fsp3) is 0.444. The maximum Gasteiger partial charge on any atom is 0.255 e. The van der Waals surface area contributed by atoms with Gasteiger partial charge < -0.3 is 10.4 Å². The monoisotopic (exact) mass is 300 g/mol.